The van der Waals surface area contributed by atoms with Crippen molar-refractivity contribution in [2.75, 3.05) is 31.1 Å². The molecule has 0 saturated carbocycles. The second-order valence-corrected chi connectivity index (χ2v) is 9.66. The number of aromatic nitrogens is 6. The Hall–Kier alpha value is -4.17. The zero-order valence-corrected chi connectivity index (χ0v) is 23.8. The second-order valence-electron chi connectivity index (χ2n) is 9.66. The molecule has 0 N–H and O–H groups in total. The summed E-state index contributed by atoms with van der Waals surface area (Å²) in [7, 11) is 3.65. The molecular weight excluding hydrogens is 549 g/mol. The lowest BCUT2D eigenvalue weighted by Gasteiger charge is -2.35. The predicted octanol–water partition coefficient (Wildman–Crippen LogP) is 3.53. The summed E-state index contributed by atoms with van der Waals surface area (Å²) < 4.78 is 5.11. The van der Waals surface area contributed by atoms with Crippen molar-refractivity contribution in [3.63, 3.8) is 0 Å². The van der Waals surface area contributed by atoms with Gasteiger partial charge >= 0.3 is 0 Å². The van der Waals surface area contributed by atoms with Gasteiger partial charge < -0.3 is 9.47 Å². The number of nitriles is 1. The van der Waals surface area contributed by atoms with Gasteiger partial charge in [-0.2, -0.15) is 15.5 Å². The number of piperazine rings is 1. The Morgan fingerprint density at radius 1 is 0.900 bits per heavy atom. The molecule has 12 heteroatoms. The normalized spacial score (nSPS) is 13.5. The number of nitrogens with zero attached hydrogens (tertiary/aromatic N) is 9. The van der Waals surface area contributed by atoms with Gasteiger partial charge in [0.15, 0.2) is 0 Å². The lowest BCUT2D eigenvalue weighted by Crippen LogP contribution is -2.46. The van der Waals surface area contributed by atoms with Crippen LogP contribution in [0.2, 0.25) is 0 Å². The quantitative estimate of drug-likeness (QED) is 0.315. The minimum Gasteiger partial charge on any atom is -0.354 e. The SMILES string of the molecule is Cl.Cl.Cn1cc(-c2cc(-c3ccc(N4CCN(Cc5ccn(C)c(=O)c5)CC4)nc3)c3c(C#N)cnn3c2)cn1. The average molecular weight is 579 g/mol. The third-order valence-electron chi connectivity index (χ3n) is 7.10. The number of anilines is 1. The van der Waals surface area contributed by atoms with Gasteiger partial charge in [0.1, 0.15) is 11.9 Å². The van der Waals surface area contributed by atoms with Crippen LogP contribution in [0, 0.1) is 11.3 Å². The first-order valence-electron chi connectivity index (χ1n) is 12.5. The van der Waals surface area contributed by atoms with Gasteiger partial charge in [-0.15, -0.1) is 24.8 Å². The Labute approximate surface area is 243 Å². The molecule has 0 bridgehead atoms. The fourth-order valence-electron chi connectivity index (χ4n) is 4.97. The summed E-state index contributed by atoms with van der Waals surface area (Å²) in [6.45, 7) is 4.28. The van der Waals surface area contributed by atoms with E-state index in [1.807, 2.05) is 50.2 Å². The smallest absolute Gasteiger partial charge is 0.250 e. The number of pyridine rings is 3. The highest BCUT2D eigenvalue weighted by Crippen LogP contribution is 2.32. The van der Waals surface area contributed by atoms with Gasteiger partial charge in [0.2, 0.25) is 0 Å². The fourth-order valence-corrected chi connectivity index (χ4v) is 4.97. The van der Waals surface area contributed by atoms with Crippen LogP contribution in [0.15, 0.2) is 72.3 Å². The molecule has 10 nitrogen and oxygen atoms in total. The van der Waals surface area contributed by atoms with E-state index in [0.717, 1.165) is 71.9 Å². The van der Waals surface area contributed by atoms with Gasteiger partial charge in [-0.25, -0.2) is 9.50 Å². The molecule has 0 spiro atoms. The second kappa shape index (κ2) is 11.9. The molecular formula is C28H29Cl2N9O. The summed E-state index contributed by atoms with van der Waals surface area (Å²) in [6, 6.07) is 12.2. The average Bonchev–Trinajstić information content (AvgIpc) is 3.57. The first-order valence-corrected chi connectivity index (χ1v) is 12.5. The lowest BCUT2D eigenvalue weighted by atomic mass is 10.0. The van der Waals surface area contributed by atoms with E-state index >= 15 is 0 Å². The monoisotopic (exact) mass is 577 g/mol. The summed E-state index contributed by atoms with van der Waals surface area (Å²) in [5, 5.41) is 18.4. The van der Waals surface area contributed by atoms with Crippen LogP contribution in [0.1, 0.15) is 11.1 Å². The van der Waals surface area contributed by atoms with Gasteiger partial charge in [0.05, 0.1) is 23.5 Å². The summed E-state index contributed by atoms with van der Waals surface area (Å²) in [6.07, 6.45) is 11.0. The number of aryl methyl sites for hydroxylation is 2. The molecule has 6 rings (SSSR count). The van der Waals surface area contributed by atoms with Gasteiger partial charge in [0.25, 0.3) is 5.56 Å². The Morgan fingerprint density at radius 2 is 1.70 bits per heavy atom. The van der Waals surface area contributed by atoms with Crippen molar-refractivity contribution in [1.82, 2.24) is 33.8 Å². The number of hydrogen-bond acceptors (Lipinski definition) is 7. The van der Waals surface area contributed by atoms with Crippen LogP contribution >= 0.6 is 24.8 Å². The van der Waals surface area contributed by atoms with Crippen LogP contribution < -0.4 is 10.5 Å². The minimum absolute atomic E-state index is 0. The molecule has 5 aromatic rings. The summed E-state index contributed by atoms with van der Waals surface area (Å²) in [4.78, 5) is 21.4. The molecule has 206 valence electrons. The predicted molar refractivity (Wildman–Crippen MR) is 159 cm³/mol. The van der Waals surface area contributed by atoms with Crippen LogP contribution in [0.3, 0.4) is 0 Å². The van der Waals surface area contributed by atoms with Crippen LogP contribution in [0.4, 0.5) is 5.82 Å². The maximum absolute atomic E-state index is 11.9. The van der Waals surface area contributed by atoms with Crippen molar-refractivity contribution in [3.05, 3.63) is 89.0 Å². The Morgan fingerprint density at radius 3 is 2.35 bits per heavy atom. The van der Waals surface area contributed by atoms with E-state index in [4.69, 9.17) is 4.98 Å². The van der Waals surface area contributed by atoms with Crippen LogP contribution in [-0.4, -0.2) is 60.0 Å². The van der Waals surface area contributed by atoms with Gasteiger partial charge in [-0.05, 0) is 29.8 Å². The number of hydrogen-bond donors (Lipinski definition) is 0. The molecule has 40 heavy (non-hydrogen) atoms. The number of rotatable bonds is 5. The van der Waals surface area contributed by atoms with Crippen LogP contribution in [0.25, 0.3) is 27.8 Å². The van der Waals surface area contributed by atoms with Crippen molar-refractivity contribution < 1.29 is 0 Å². The molecule has 5 aromatic heterocycles. The highest BCUT2D eigenvalue weighted by atomic mass is 35.5. The topological polar surface area (TPSA) is 100 Å². The van der Waals surface area contributed by atoms with E-state index < -0.39 is 0 Å². The summed E-state index contributed by atoms with van der Waals surface area (Å²) >= 11 is 0. The lowest BCUT2D eigenvalue weighted by molar-refractivity contribution is 0.249. The van der Waals surface area contributed by atoms with Crippen molar-refractivity contribution in [3.8, 4) is 28.3 Å². The molecule has 1 fully saturated rings. The summed E-state index contributed by atoms with van der Waals surface area (Å²) in [5.74, 6) is 0.926. The van der Waals surface area contributed by atoms with Crippen molar-refractivity contribution in [2.45, 2.75) is 6.54 Å². The van der Waals surface area contributed by atoms with Crippen LogP contribution in [0.5, 0.6) is 0 Å². The van der Waals surface area contributed by atoms with Gasteiger partial charge in [-0.1, -0.05) is 0 Å². The molecule has 6 heterocycles. The Bertz CT molecular complexity index is 1730. The van der Waals surface area contributed by atoms with E-state index in [-0.39, 0.29) is 30.4 Å². The molecule has 0 unspecified atom stereocenters. The molecule has 1 aliphatic rings. The number of halogens is 2. The summed E-state index contributed by atoms with van der Waals surface area (Å²) in [5.41, 5.74) is 6.11. The standard InChI is InChI=1S/C28H27N9O.2ClH/c1-33-6-5-20(11-27(33)38)17-35-7-9-36(10-8-35)26-4-3-21(14-30-26)25-12-22(24-16-31-34(2)18-24)19-37-28(25)23(13-29)15-32-37;;/h3-6,11-12,14-16,18-19H,7-10,17H2,1-2H3;2*1H. The van der Waals surface area contributed by atoms with E-state index in [9.17, 15) is 10.1 Å². The van der Waals surface area contributed by atoms with Crippen molar-refractivity contribution >= 4 is 36.1 Å². The maximum Gasteiger partial charge on any atom is 0.250 e. The number of fused-ring (bicyclic) bond motifs is 1. The van der Waals surface area contributed by atoms with E-state index in [2.05, 4.69) is 38.2 Å². The molecule has 0 amide bonds. The largest absolute Gasteiger partial charge is 0.354 e. The zero-order chi connectivity index (χ0) is 26.2. The van der Waals surface area contributed by atoms with Crippen molar-refractivity contribution in [2.24, 2.45) is 14.1 Å². The van der Waals surface area contributed by atoms with Crippen LogP contribution in [-0.2, 0) is 20.6 Å². The van der Waals surface area contributed by atoms with E-state index in [1.165, 1.54) is 0 Å². The molecule has 0 aliphatic carbocycles. The molecule has 1 saturated heterocycles. The Balaban J connectivity index is 0.00000185. The maximum atomic E-state index is 11.9. The first-order chi connectivity index (χ1) is 18.5. The molecule has 0 radical (unpaired) electrons. The van der Waals surface area contributed by atoms with Crippen molar-refractivity contribution in [1.29, 1.82) is 5.26 Å². The molecule has 0 aromatic carbocycles. The third kappa shape index (κ3) is 5.58. The fraction of sp³-hybridized carbons (Fsp3) is 0.250. The molecule has 1 aliphatic heterocycles. The Kier molecular flexibility index (Phi) is 8.59. The van der Waals surface area contributed by atoms with E-state index in [1.54, 1.807) is 33.1 Å². The van der Waals surface area contributed by atoms with Gasteiger partial charge in [-0.3, -0.25) is 14.4 Å². The minimum atomic E-state index is 0. The first kappa shape index (κ1) is 28.8. The highest BCUT2D eigenvalue weighted by molar-refractivity contribution is 5.87. The van der Waals surface area contributed by atoms with Gasteiger partial charge in [0, 0.05) is 99.9 Å². The third-order valence-corrected chi connectivity index (χ3v) is 7.10. The zero-order valence-electron chi connectivity index (χ0n) is 22.1. The molecule has 0 atom stereocenters. The highest BCUT2D eigenvalue weighted by Gasteiger charge is 2.19. The van der Waals surface area contributed by atoms with E-state index in [0.29, 0.717) is 5.56 Å².